The second-order valence-corrected chi connectivity index (χ2v) is 4.35. The molecule has 0 aromatic carbocycles. The van der Waals surface area contributed by atoms with E-state index in [2.05, 4.69) is 36.4 Å². The van der Waals surface area contributed by atoms with Gasteiger partial charge in [-0.15, -0.1) is 5.10 Å². The van der Waals surface area contributed by atoms with Crippen LogP contribution >= 0.6 is 15.9 Å². The van der Waals surface area contributed by atoms with Crippen molar-refractivity contribution in [1.29, 1.82) is 0 Å². The molecule has 2 aromatic rings. The van der Waals surface area contributed by atoms with Crippen molar-refractivity contribution >= 4 is 15.9 Å². The smallest absolute Gasteiger partial charge is 0.161 e. The molecule has 0 saturated carbocycles. The molecule has 0 aliphatic carbocycles. The number of pyridine rings is 1. The molecule has 0 bridgehead atoms. The fourth-order valence-electron chi connectivity index (χ4n) is 1.21. The van der Waals surface area contributed by atoms with E-state index in [4.69, 9.17) is 0 Å². The molecule has 0 atom stereocenters. The fourth-order valence-corrected chi connectivity index (χ4v) is 1.45. The van der Waals surface area contributed by atoms with Gasteiger partial charge < -0.3 is 0 Å². The Morgan fingerprint density at radius 3 is 2.73 bits per heavy atom. The zero-order valence-corrected chi connectivity index (χ0v) is 10.0. The number of aromatic nitrogens is 5. The SMILES string of the molecule is CC(C)c1nnnn1-c1ccc(Br)cn1. The van der Waals surface area contributed by atoms with Crippen LogP contribution in [0.4, 0.5) is 0 Å². The molecule has 2 aromatic heterocycles. The molecule has 0 fully saturated rings. The molecule has 6 heteroatoms. The molecule has 0 radical (unpaired) electrons. The Kier molecular flexibility index (Phi) is 2.77. The minimum absolute atomic E-state index is 0.269. The summed E-state index contributed by atoms with van der Waals surface area (Å²) in [7, 11) is 0. The van der Waals surface area contributed by atoms with Gasteiger partial charge in [0.15, 0.2) is 11.6 Å². The van der Waals surface area contributed by atoms with Crippen LogP contribution in [0, 0.1) is 0 Å². The van der Waals surface area contributed by atoms with Gasteiger partial charge in [0.25, 0.3) is 0 Å². The molecule has 0 aliphatic heterocycles. The molecular formula is C9H10BrN5. The maximum Gasteiger partial charge on any atom is 0.161 e. The first-order valence-electron chi connectivity index (χ1n) is 4.58. The van der Waals surface area contributed by atoms with E-state index in [0.29, 0.717) is 0 Å². The Labute approximate surface area is 95.7 Å². The van der Waals surface area contributed by atoms with Gasteiger partial charge in [-0.25, -0.2) is 4.98 Å². The molecule has 0 spiro atoms. The lowest BCUT2D eigenvalue weighted by Gasteiger charge is -2.05. The van der Waals surface area contributed by atoms with E-state index in [1.807, 2.05) is 26.0 Å². The first-order chi connectivity index (χ1) is 7.18. The third-order valence-corrected chi connectivity index (χ3v) is 2.41. The summed E-state index contributed by atoms with van der Waals surface area (Å²) in [4.78, 5) is 4.24. The highest BCUT2D eigenvalue weighted by Crippen LogP contribution is 2.15. The fraction of sp³-hybridized carbons (Fsp3) is 0.333. The first-order valence-corrected chi connectivity index (χ1v) is 5.38. The first kappa shape index (κ1) is 10.2. The van der Waals surface area contributed by atoms with Crippen molar-refractivity contribution in [3.63, 3.8) is 0 Å². The Morgan fingerprint density at radius 1 is 1.33 bits per heavy atom. The summed E-state index contributed by atoms with van der Waals surface area (Å²) in [6.07, 6.45) is 1.72. The van der Waals surface area contributed by atoms with Crippen LogP contribution in [0.2, 0.25) is 0 Å². The molecular weight excluding hydrogens is 258 g/mol. The second kappa shape index (κ2) is 4.06. The predicted molar refractivity (Wildman–Crippen MR) is 58.7 cm³/mol. The maximum absolute atomic E-state index is 4.24. The van der Waals surface area contributed by atoms with Crippen molar-refractivity contribution in [3.8, 4) is 5.82 Å². The quantitative estimate of drug-likeness (QED) is 0.835. The number of tetrazole rings is 1. The van der Waals surface area contributed by atoms with Gasteiger partial charge in [0, 0.05) is 16.6 Å². The molecule has 2 heterocycles. The van der Waals surface area contributed by atoms with Crippen LogP contribution in [0.3, 0.4) is 0 Å². The van der Waals surface area contributed by atoms with Crippen LogP contribution in [-0.4, -0.2) is 25.2 Å². The van der Waals surface area contributed by atoms with Gasteiger partial charge in [-0.05, 0) is 38.5 Å². The van der Waals surface area contributed by atoms with Gasteiger partial charge in [-0.1, -0.05) is 13.8 Å². The summed E-state index contributed by atoms with van der Waals surface area (Å²) < 4.78 is 2.59. The number of rotatable bonds is 2. The second-order valence-electron chi connectivity index (χ2n) is 3.44. The zero-order valence-electron chi connectivity index (χ0n) is 8.42. The largest absolute Gasteiger partial charge is 0.236 e. The van der Waals surface area contributed by atoms with Crippen molar-refractivity contribution in [2.75, 3.05) is 0 Å². The van der Waals surface area contributed by atoms with Crippen LogP contribution < -0.4 is 0 Å². The minimum atomic E-state index is 0.269. The zero-order chi connectivity index (χ0) is 10.8. The van der Waals surface area contributed by atoms with E-state index >= 15 is 0 Å². The van der Waals surface area contributed by atoms with Gasteiger partial charge in [-0.3, -0.25) is 0 Å². The topological polar surface area (TPSA) is 56.5 Å². The molecule has 0 aliphatic rings. The van der Waals surface area contributed by atoms with E-state index in [9.17, 15) is 0 Å². The maximum atomic E-state index is 4.24. The van der Waals surface area contributed by atoms with Gasteiger partial charge in [0.05, 0.1) is 0 Å². The van der Waals surface area contributed by atoms with Crippen molar-refractivity contribution < 1.29 is 0 Å². The average Bonchev–Trinajstić information content (AvgIpc) is 2.67. The Balaban J connectivity index is 2.45. The lowest BCUT2D eigenvalue weighted by atomic mass is 10.2. The van der Waals surface area contributed by atoms with E-state index in [1.165, 1.54) is 0 Å². The van der Waals surface area contributed by atoms with Crippen LogP contribution in [0.1, 0.15) is 25.6 Å². The van der Waals surface area contributed by atoms with Crippen LogP contribution in [0.25, 0.3) is 5.82 Å². The molecule has 0 N–H and O–H groups in total. The molecule has 15 heavy (non-hydrogen) atoms. The molecule has 0 amide bonds. The van der Waals surface area contributed by atoms with Gasteiger partial charge in [-0.2, -0.15) is 4.68 Å². The van der Waals surface area contributed by atoms with Crippen molar-refractivity contribution in [3.05, 3.63) is 28.6 Å². The summed E-state index contributed by atoms with van der Waals surface area (Å²) in [6.45, 7) is 4.09. The van der Waals surface area contributed by atoms with Crippen LogP contribution in [0.15, 0.2) is 22.8 Å². The Morgan fingerprint density at radius 2 is 2.13 bits per heavy atom. The summed E-state index contributed by atoms with van der Waals surface area (Å²) in [5, 5.41) is 11.5. The lowest BCUT2D eigenvalue weighted by Crippen LogP contribution is -2.06. The summed E-state index contributed by atoms with van der Waals surface area (Å²) in [5.41, 5.74) is 0. The van der Waals surface area contributed by atoms with Gasteiger partial charge in [0.2, 0.25) is 0 Å². The third-order valence-electron chi connectivity index (χ3n) is 1.94. The molecule has 5 nitrogen and oxygen atoms in total. The van der Waals surface area contributed by atoms with Crippen LogP contribution in [0.5, 0.6) is 0 Å². The number of nitrogens with zero attached hydrogens (tertiary/aromatic N) is 5. The summed E-state index contributed by atoms with van der Waals surface area (Å²) >= 11 is 3.33. The monoisotopic (exact) mass is 267 g/mol. The van der Waals surface area contributed by atoms with E-state index < -0.39 is 0 Å². The van der Waals surface area contributed by atoms with Crippen molar-refractivity contribution in [1.82, 2.24) is 25.2 Å². The van der Waals surface area contributed by atoms with Crippen LogP contribution in [-0.2, 0) is 0 Å². The molecule has 2 rings (SSSR count). The molecule has 0 saturated heterocycles. The molecule has 0 unspecified atom stereocenters. The highest BCUT2D eigenvalue weighted by molar-refractivity contribution is 9.10. The van der Waals surface area contributed by atoms with E-state index in [1.54, 1.807) is 10.9 Å². The third kappa shape index (κ3) is 2.04. The number of hydrogen-bond acceptors (Lipinski definition) is 4. The van der Waals surface area contributed by atoms with E-state index in [-0.39, 0.29) is 5.92 Å². The predicted octanol–water partition coefficient (Wildman–Crippen LogP) is 1.94. The summed E-state index contributed by atoms with van der Waals surface area (Å²) in [6, 6.07) is 3.78. The van der Waals surface area contributed by atoms with Gasteiger partial charge in [0.1, 0.15) is 0 Å². The van der Waals surface area contributed by atoms with Gasteiger partial charge >= 0.3 is 0 Å². The number of halogens is 1. The average molecular weight is 268 g/mol. The number of hydrogen-bond donors (Lipinski definition) is 0. The Hall–Kier alpha value is -1.30. The normalized spacial score (nSPS) is 10.9. The molecule has 78 valence electrons. The van der Waals surface area contributed by atoms with Crippen molar-refractivity contribution in [2.24, 2.45) is 0 Å². The lowest BCUT2D eigenvalue weighted by molar-refractivity contribution is 0.697. The van der Waals surface area contributed by atoms with E-state index in [0.717, 1.165) is 16.1 Å². The highest BCUT2D eigenvalue weighted by Gasteiger charge is 2.12. The standard InChI is InChI=1S/C9H10BrN5/c1-6(2)9-12-13-14-15(9)8-4-3-7(10)5-11-8/h3-6H,1-2H3. The Bertz CT molecular complexity index is 448. The summed E-state index contributed by atoms with van der Waals surface area (Å²) in [5.74, 6) is 1.81. The minimum Gasteiger partial charge on any atom is -0.236 e. The van der Waals surface area contributed by atoms with Crippen molar-refractivity contribution in [2.45, 2.75) is 19.8 Å². The highest BCUT2D eigenvalue weighted by atomic mass is 79.9.